The summed E-state index contributed by atoms with van der Waals surface area (Å²) in [5, 5.41) is 24.7. The van der Waals surface area contributed by atoms with E-state index in [2.05, 4.69) is 10.6 Å². The number of alkyl halides is 1. The molecule has 1 rings (SSSR count). The molecule has 0 fully saturated rings. The minimum atomic E-state index is -0.593. The van der Waals surface area contributed by atoms with E-state index in [-0.39, 0.29) is 11.3 Å². The number of nitro benzene ring substituents is 1. The van der Waals surface area contributed by atoms with E-state index in [4.69, 9.17) is 16.9 Å². The van der Waals surface area contributed by atoms with Crippen molar-refractivity contribution in [1.82, 2.24) is 5.32 Å². The van der Waals surface area contributed by atoms with Crippen molar-refractivity contribution < 1.29 is 9.72 Å². The van der Waals surface area contributed by atoms with Gasteiger partial charge in [0.15, 0.2) is 0 Å². The van der Waals surface area contributed by atoms with Gasteiger partial charge in [0.2, 0.25) is 0 Å². The van der Waals surface area contributed by atoms with Gasteiger partial charge >= 0.3 is 0 Å². The maximum atomic E-state index is 11.8. The largest absolute Gasteiger partial charge is 0.390 e. The Morgan fingerprint density at radius 2 is 2.10 bits per heavy atom. The van der Waals surface area contributed by atoms with Crippen molar-refractivity contribution in [3.05, 3.63) is 46.2 Å². The minimum absolute atomic E-state index is 0.0770. The molecule has 110 valence electrons. The van der Waals surface area contributed by atoms with Crippen LogP contribution < -0.4 is 10.6 Å². The Kier molecular flexibility index (Phi) is 6.71. The lowest BCUT2D eigenvalue weighted by Gasteiger charge is -2.04. The standard InChI is InChI=1S/C13H13ClN4O3/c14-6-1-7-16-9-10(8-15)13(19)17-11-2-4-12(5-3-11)18(20)21/h2-5,9,16H,1,6-7H2,(H,17,19)/b10-9-. The predicted octanol–water partition coefficient (Wildman–Crippen LogP) is 2.16. The Bertz CT molecular complexity index is 578. The van der Waals surface area contributed by atoms with Crippen LogP contribution in [0.15, 0.2) is 36.0 Å². The number of carbonyl (C=O) groups excluding carboxylic acids is 1. The molecule has 0 aliphatic carbocycles. The summed E-state index contributed by atoms with van der Waals surface area (Å²) in [5.74, 6) is -0.109. The number of nitrogens with zero attached hydrogens (tertiary/aromatic N) is 2. The number of nitro groups is 1. The van der Waals surface area contributed by atoms with Crippen LogP contribution in [0.25, 0.3) is 0 Å². The van der Waals surface area contributed by atoms with Crippen molar-refractivity contribution in [2.75, 3.05) is 17.7 Å². The van der Waals surface area contributed by atoms with E-state index in [1.807, 2.05) is 0 Å². The summed E-state index contributed by atoms with van der Waals surface area (Å²) in [4.78, 5) is 21.8. The lowest BCUT2D eigenvalue weighted by Crippen LogP contribution is -2.17. The van der Waals surface area contributed by atoms with Crippen LogP contribution in [0.2, 0.25) is 0 Å². The smallest absolute Gasteiger partial charge is 0.269 e. The molecule has 1 aromatic rings. The SMILES string of the molecule is N#C/C(=C/NCCCCl)C(=O)Nc1ccc([N+](=O)[O-])cc1. The first-order valence-electron chi connectivity index (χ1n) is 6.04. The van der Waals surface area contributed by atoms with Gasteiger partial charge in [-0.2, -0.15) is 5.26 Å². The number of hydrogen-bond acceptors (Lipinski definition) is 5. The van der Waals surface area contributed by atoms with Gasteiger partial charge in [0.25, 0.3) is 11.6 Å². The predicted molar refractivity (Wildman–Crippen MR) is 78.8 cm³/mol. The Balaban J connectivity index is 2.65. The van der Waals surface area contributed by atoms with E-state index in [1.165, 1.54) is 30.5 Å². The summed E-state index contributed by atoms with van der Waals surface area (Å²) in [6.45, 7) is 0.555. The molecular weight excluding hydrogens is 296 g/mol. The number of amides is 1. The number of non-ortho nitro benzene ring substituents is 1. The van der Waals surface area contributed by atoms with Crippen LogP contribution in [0.4, 0.5) is 11.4 Å². The average Bonchev–Trinajstić information content (AvgIpc) is 2.47. The lowest BCUT2D eigenvalue weighted by molar-refractivity contribution is -0.384. The van der Waals surface area contributed by atoms with Gasteiger partial charge in [0, 0.05) is 36.4 Å². The van der Waals surface area contributed by atoms with Crippen molar-refractivity contribution in [1.29, 1.82) is 5.26 Å². The van der Waals surface area contributed by atoms with Crippen LogP contribution in [0.1, 0.15) is 6.42 Å². The molecule has 1 amide bonds. The van der Waals surface area contributed by atoms with Gasteiger partial charge < -0.3 is 10.6 Å². The van der Waals surface area contributed by atoms with Gasteiger partial charge in [-0.3, -0.25) is 14.9 Å². The summed E-state index contributed by atoms with van der Waals surface area (Å²) in [7, 11) is 0. The molecule has 0 atom stereocenters. The first kappa shape index (κ1) is 16.5. The topological polar surface area (TPSA) is 108 Å². The highest BCUT2D eigenvalue weighted by atomic mass is 35.5. The molecule has 0 aliphatic heterocycles. The van der Waals surface area contributed by atoms with Crippen LogP contribution in [0.5, 0.6) is 0 Å². The fourth-order valence-electron chi connectivity index (χ4n) is 1.36. The Morgan fingerprint density at radius 3 is 2.62 bits per heavy atom. The third kappa shape index (κ3) is 5.50. The first-order chi connectivity index (χ1) is 10.1. The van der Waals surface area contributed by atoms with Crippen LogP contribution in [-0.4, -0.2) is 23.3 Å². The summed E-state index contributed by atoms with van der Waals surface area (Å²) >= 11 is 5.50. The highest BCUT2D eigenvalue weighted by molar-refractivity contribution is 6.17. The van der Waals surface area contributed by atoms with Crippen LogP contribution in [0.3, 0.4) is 0 Å². The van der Waals surface area contributed by atoms with E-state index in [9.17, 15) is 14.9 Å². The lowest BCUT2D eigenvalue weighted by atomic mass is 10.2. The Hall–Kier alpha value is -2.59. The normalized spacial score (nSPS) is 10.6. The number of halogens is 1. The van der Waals surface area contributed by atoms with E-state index in [0.717, 1.165) is 0 Å². The van der Waals surface area contributed by atoms with Crippen molar-refractivity contribution in [3.63, 3.8) is 0 Å². The summed E-state index contributed by atoms with van der Waals surface area (Å²) in [5.41, 5.74) is 0.197. The zero-order valence-electron chi connectivity index (χ0n) is 11.0. The third-order valence-corrected chi connectivity index (χ3v) is 2.67. The zero-order valence-corrected chi connectivity index (χ0v) is 11.8. The number of nitrogens with one attached hydrogen (secondary N) is 2. The molecule has 1 aromatic carbocycles. The van der Waals surface area contributed by atoms with Gasteiger partial charge in [-0.1, -0.05) is 0 Å². The number of benzene rings is 1. The monoisotopic (exact) mass is 308 g/mol. The van der Waals surface area contributed by atoms with Gasteiger partial charge in [-0.15, -0.1) is 11.6 Å². The number of anilines is 1. The van der Waals surface area contributed by atoms with E-state index in [1.54, 1.807) is 6.07 Å². The van der Waals surface area contributed by atoms with Crippen molar-refractivity contribution in [2.45, 2.75) is 6.42 Å². The molecule has 8 heteroatoms. The second kappa shape index (κ2) is 8.55. The fraction of sp³-hybridized carbons (Fsp3) is 0.231. The highest BCUT2D eigenvalue weighted by Gasteiger charge is 2.10. The van der Waals surface area contributed by atoms with Crippen LogP contribution in [0, 0.1) is 21.4 Å². The maximum absolute atomic E-state index is 11.8. The number of nitriles is 1. The molecule has 21 heavy (non-hydrogen) atoms. The molecular formula is C13H13ClN4O3. The molecule has 2 N–H and O–H groups in total. The van der Waals surface area contributed by atoms with Gasteiger partial charge in [-0.25, -0.2) is 0 Å². The molecule has 0 unspecified atom stereocenters. The van der Waals surface area contributed by atoms with Gasteiger partial charge in [-0.05, 0) is 18.6 Å². The van der Waals surface area contributed by atoms with E-state index < -0.39 is 10.8 Å². The number of rotatable bonds is 7. The molecule has 0 aliphatic rings. The van der Waals surface area contributed by atoms with Gasteiger partial charge in [0.05, 0.1) is 4.92 Å². The fourth-order valence-corrected chi connectivity index (χ4v) is 1.49. The van der Waals surface area contributed by atoms with E-state index in [0.29, 0.717) is 24.5 Å². The molecule has 0 aromatic heterocycles. The highest BCUT2D eigenvalue weighted by Crippen LogP contribution is 2.15. The van der Waals surface area contributed by atoms with Crippen molar-refractivity contribution >= 4 is 28.9 Å². The molecule has 7 nitrogen and oxygen atoms in total. The molecule has 0 saturated heterocycles. The molecule has 0 spiro atoms. The van der Waals surface area contributed by atoms with Crippen molar-refractivity contribution in [3.8, 4) is 6.07 Å². The summed E-state index contributed by atoms with van der Waals surface area (Å²) in [6.07, 6.45) is 2.02. The van der Waals surface area contributed by atoms with Gasteiger partial charge in [0.1, 0.15) is 11.6 Å². The average molecular weight is 309 g/mol. The molecule has 0 saturated carbocycles. The van der Waals surface area contributed by atoms with E-state index >= 15 is 0 Å². The zero-order chi connectivity index (χ0) is 15.7. The Morgan fingerprint density at radius 1 is 1.43 bits per heavy atom. The number of carbonyl (C=O) groups is 1. The summed E-state index contributed by atoms with van der Waals surface area (Å²) < 4.78 is 0. The van der Waals surface area contributed by atoms with Crippen LogP contribution >= 0.6 is 11.6 Å². The molecule has 0 heterocycles. The third-order valence-electron chi connectivity index (χ3n) is 2.40. The van der Waals surface area contributed by atoms with Crippen molar-refractivity contribution in [2.24, 2.45) is 0 Å². The molecule has 0 radical (unpaired) electrons. The Labute approximate surface area is 126 Å². The quantitative estimate of drug-likeness (QED) is 0.200. The molecule has 0 bridgehead atoms. The second-order valence-electron chi connectivity index (χ2n) is 3.92. The number of hydrogen-bond donors (Lipinski definition) is 2. The second-order valence-corrected chi connectivity index (χ2v) is 4.30. The maximum Gasteiger partial charge on any atom is 0.269 e. The summed E-state index contributed by atoms with van der Waals surface area (Å²) in [6, 6.07) is 7.10. The van der Waals surface area contributed by atoms with Crippen LogP contribution in [-0.2, 0) is 4.79 Å². The minimum Gasteiger partial charge on any atom is -0.390 e. The first-order valence-corrected chi connectivity index (χ1v) is 6.57.